The van der Waals surface area contributed by atoms with E-state index in [0.29, 0.717) is 43.4 Å². The first kappa shape index (κ1) is 22.1. The molecule has 1 fully saturated rings. The van der Waals surface area contributed by atoms with E-state index in [0.717, 1.165) is 0 Å². The number of amides is 1. The van der Waals surface area contributed by atoms with Gasteiger partial charge in [-0.25, -0.2) is 4.79 Å². The van der Waals surface area contributed by atoms with Gasteiger partial charge in [0.15, 0.2) is 21.9 Å². The Morgan fingerprint density at radius 3 is 2.57 bits per heavy atom. The topological polar surface area (TPSA) is 76.1 Å². The van der Waals surface area contributed by atoms with E-state index < -0.39 is 12.1 Å². The highest BCUT2D eigenvalue weighted by atomic mass is 35.5. The minimum Gasteiger partial charge on any atom is -0.493 e. The number of ether oxygens (including phenoxy) is 2. The van der Waals surface area contributed by atoms with Gasteiger partial charge in [0, 0.05) is 5.02 Å². The Morgan fingerprint density at radius 2 is 1.97 bits per heavy atom. The molecule has 2 aromatic carbocycles. The Morgan fingerprint density at radius 1 is 1.27 bits per heavy atom. The molecule has 0 aromatic heterocycles. The lowest BCUT2D eigenvalue weighted by molar-refractivity contribution is -0.145. The minimum absolute atomic E-state index is 0.233. The summed E-state index contributed by atoms with van der Waals surface area (Å²) in [7, 11) is 1.47. The van der Waals surface area contributed by atoms with Gasteiger partial charge in [-0.3, -0.25) is 9.69 Å². The second kappa shape index (κ2) is 9.51. The van der Waals surface area contributed by atoms with Gasteiger partial charge < -0.3 is 14.6 Å². The Kier molecular flexibility index (Phi) is 7.02. The molecule has 0 aliphatic carbocycles. The number of nitrogens with zero attached hydrogens (tertiary/aromatic N) is 1. The number of rotatable bonds is 7. The number of hydrogen-bond acceptors (Lipinski definition) is 6. The van der Waals surface area contributed by atoms with Crippen molar-refractivity contribution in [2.24, 2.45) is 0 Å². The molecular formula is C21H18ClNO5S2. The fourth-order valence-electron chi connectivity index (χ4n) is 2.76. The van der Waals surface area contributed by atoms with Gasteiger partial charge in [-0.1, -0.05) is 48.6 Å². The van der Waals surface area contributed by atoms with Crippen LogP contribution < -0.4 is 14.4 Å². The number of thioether (sulfide) groups is 1. The molecule has 0 saturated carbocycles. The first-order chi connectivity index (χ1) is 14.3. The Hall–Kier alpha value is -2.55. The fraction of sp³-hybridized carbons (Fsp3) is 0.190. The predicted molar refractivity (Wildman–Crippen MR) is 122 cm³/mol. The lowest BCUT2D eigenvalue weighted by atomic mass is 10.1. The number of anilines is 1. The van der Waals surface area contributed by atoms with Gasteiger partial charge in [-0.05, 0) is 54.5 Å². The van der Waals surface area contributed by atoms with Crippen LogP contribution in [0.15, 0.2) is 47.4 Å². The maximum atomic E-state index is 12.9. The summed E-state index contributed by atoms with van der Waals surface area (Å²) in [6.45, 7) is 1.72. The van der Waals surface area contributed by atoms with Crippen molar-refractivity contribution < 1.29 is 24.2 Å². The third-order valence-corrected chi connectivity index (χ3v) is 5.83. The first-order valence-electron chi connectivity index (χ1n) is 8.95. The van der Waals surface area contributed by atoms with Gasteiger partial charge in [-0.2, -0.15) is 0 Å². The summed E-state index contributed by atoms with van der Waals surface area (Å²) in [5.74, 6) is -0.590. The minimum atomic E-state index is -1.05. The lowest BCUT2D eigenvalue weighted by Gasteiger charge is -2.16. The van der Waals surface area contributed by atoms with Crippen molar-refractivity contribution in [1.82, 2.24) is 0 Å². The van der Waals surface area contributed by atoms with Crippen molar-refractivity contribution >= 4 is 63.5 Å². The molecule has 3 rings (SSSR count). The normalized spacial score (nSPS) is 16.1. The van der Waals surface area contributed by atoms with Gasteiger partial charge in [0.1, 0.15) is 0 Å². The van der Waals surface area contributed by atoms with Gasteiger partial charge in [0.05, 0.1) is 17.7 Å². The van der Waals surface area contributed by atoms with Crippen LogP contribution in [0.1, 0.15) is 18.9 Å². The number of aliphatic carboxylic acids is 1. The Bertz CT molecular complexity index is 1020. The molecule has 2 aromatic rings. The van der Waals surface area contributed by atoms with Crippen molar-refractivity contribution in [2.75, 3.05) is 12.0 Å². The second-order valence-electron chi connectivity index (χ2n) is 6.26. The summed E-state index contributed by atoms with van der Waals surface area (Å²) in [6.07, 6.45) is 1.05. The quantitative estimate of drug-likeness (QED) is 0.457. The highest BCUT2D eigenvalue weighted by molar-refractivity contribution is 8.27. The van der Waals surface area contributed by atoms with Crippen LogP contribution in [0.4, 0.5) is 5.69 Å². The third kappa shape index (κ3) is 4.77. The summed E-state index contributed by atoms with van der Waals surface area (Å²) in [4.78, 5) is 26.0. The number of methoxy groups -OCH3 is 1. The van der Waals surface area contributed by atoms with E-state index in [-0.39, 0.29) is 5.91 Å². The predicted octanol–water partition coefficient (Wildman–Crippen LogP) is 5.00. The molecule has 30 heavy (non-hydrogen) atoms. The highest BCUT2D eigenvalue weighted by Crippen LogP contribution is 2.37. The summed E-state index contributed by atoms with van der Waals surface area (Å²) in [5, 5.41) is 9.76. The van der Waals surface area contributed by atoms with Crippen LogP contribution >= 0.6 is 35.6 Å². The molecule has 1 amide bonds. The second-order valence-corrected chi connectivity index (χ2v) is 8.37. The number of carboxylic acid groups (broad SMARTS) is 1. The van der Waals surface area contributed by atoms with E-state index in [4.69, 9.17) is 33.3 Å². The van der Waals surface area contributed by atoms with Crippen LogP contribution in [0.25, 0.3) is 6.08 Å². The van der Waals surface area contributed by atoms with Crippen LogP contribution in [-0.4, -0.2) is 34.5 Å². The van der Waals surface area contributed by atoms with Crippen LogP contribution in [0.3, 0.4) is 0 Å². The molecule has 0 radical (unpaired) electrons. The summed E-state index contributed by atoms with van der Waals surface area (Å²) in [5.41, 5.74) is 1.34. The van der Waals surface area contributed by atoms with Crippen molar-refractivity contribution in [3.63, 3.8) is 0 Å². The highest BCUT2D eigenvalue weighted by Gasteiger charge is 2.33. The first-order valence-corrected chi connectivity index (χ1v) is 10.5. The maximum absolute atomic E-state index is 12.9. The average molecular weight is 464 g/mol. The molecule has 6 nitrogen and oxygen atoms in total. The zero-order valence-electron chi connectivity index (χ0n) is 16.1. The van der Waals surface area contributed by atoms with Gasteiger partial charge in [-0.15, -0.1) is 0 Å². The van der Waals surface area contributed by atoms with Gasteiger partial charge in [0.2, 0.25) is 0 Å². The Labute approximate surface area is 188 Å². The summed E-state index contributed by atoms with van der Waals surface area (Å²) >= 11 is 12.5. The van der Waals surface area contributed by atoms with Crippen molar-refractivity contribution in [2.45, 2.75) is 19.4 Å². The van der Waals surface area contributed by atoms with E-state index in [1.54, 1.807) is 55.5 Å². The van der Waals surface area contributed by atoms with Crippen molar-refractivity contribution in [3.05, 3.63) is 58.0 Å². The van der Waals surface area contributed by atoms with E-state index >= 15 is 0 Å². The smallest absolute Gasteiger partial charge is 0.344 e. The standard InChI is InChI=1S/C21H18ClNO5S2/c1-3-15(20(25)26)28-16-9-4-12(10-17(16)27-2)11-18-19(24)23(21(29)30-18)14-7-5-13(22)6-8-14/h4-11,15H,3H2,1-2H3,(H,25,26)/b18-11+. The van der Waals surface area contributed by atoms with Crippen LogP contribution in [0, 0.1) is 0 Å². The molecule has 156 valence electrons. The maximum Gasteiger partial charge on any atom is 0.344 e. The number of carbonyl (C=O) groups excluding carboxylic acids is 1. The summed E-state index contributed by atoms with van der Waals surface area (Å²) < 4.78 is 11.3. The molecular weight excluding hydrogens is 446 g/mol. The molecule has 9 heteroatoms. The Balaban J connectivity index is 1.86. The fourth-order valence-corrected chi connectivity index (χ4v) is 4.19. The molecule has 1 heterocycles. The van der Waals surface area contributed by atoms with Crippen LogP contribution in [0.2, 0.25) is 5.02 Å². The number of benzene rings is 2. The third-order valence-electron chi connectivity index (χ3n) is 4.28. The molecule has 0 spiro atoms. The number of hydrogen-bond donors (Lipinski definition) is 1. The van der Waals surface area contributed by atoms with Crippen molar-refractivity contribution in [3.8, 4) is 11.5 Å². The van der Waals surface area contributed by atoms with E-state index in [2.05, 4.69) is 0 Å². The van der Waals surface area contributed by atoms with E-state index in [1.165, 1.54) is 23.8 Å². The average Bonchev–Trinajstić information content (AvgIpc) is 3.00. The van der Waals surface area contributed by atoms with Crippen LogP contribution in [-0.2, 0) is 9.59 Å². The lowest BCUT2D eigenvalue weighted by Crippen LogP contribution is -2.27. The SMILES string of the molecule is CCC(Oc1ccc(/C=C2/SC(=S)N(c3ccc(Cl)cc3)C2=O)cc1OC)C(=O)O. The van der Waals surface area contributed by atoms with E-state index in [1.807, 2.05) is 0 Å². The summed E-state index contributed by atoms with van der Waals surface area (Å²) in [6, 6.07) is 11.9. The molecule has 0 bridgehead atoms. The van der Waals surface area contributed by atoms with E-state index in [9.17, 15) is 14.7 Å². The monoisotopic (exact) mass is 463 g/mol. The molecule has 1 unspecified atom stereocenters. The number of carbonyl (C=O) groups is 2. The van der Waals surface area contributed by atoms with Gasteiger partial charge >= 0.3 is 5.97 Å². The number of carboxylic acids is 1. The van der Waals surface area contributed by atoms with Crippen LogP contribution in [0.5, 0.6) is 11.5 Å². The number of thiocarbonyl (C=S) groups is 1. The number of halogens is 1. The molecule has 1 aliphatic heterocycles. The molecule has 1 atom stereocenters. The zero-order chi connectivity index (χ0) is 21.8. The molecule has 1 N–H and O–H groups in total. The largest absolute Gasteiger partial charge is 0.493 e. The molecule has 1 saturated heterocycles. The molecule has 1 aliphatic rings. The zero-order valence-corrected chi connectivity index (χ0v) is 18.5. The van der Waals surface area contributed by atoms with Gasteiger partial charge in [0.25, 0.3) is 5.91 Å². The van der Waals surface area contributed by atoms with Crippen molar-refractivity contribution in [1.29, 1.82) is 0 Å².